The third-order valence-corrected chi connectivity index (χ3v) is 6.46. The molecule has 12 heteroatoms. The van der Waals surface area contributed by atoms with E-state index in [4.69, 9.17) is 26.0 Å². The molecule has 1 saturated carbocycles. The maximum Gasteiger partial charge on any atom is 0.256 e. The molecule has 222 valence electrons. The van der Waals surface area contributed by atoms with Gasteiger partial charge in [0.2, 0.25) is 0 Å². The number of hydrogen-bond acceptors (Lipinski definition) is 10. The second kappa shape index (κ2) is 17.7. The maximum absolute atomic E-state index is 9.54. The molecule has 1 atom stereocenters. The van der Waals surface area contributed by atoms with Crippen LogP contribution in [-0.4, -0.2) is 67.7 Å². The Morgan fingerprint density at radius 2 is 2.10 bits per heavy atom. The predicted octanol–water partition coefficient (Wildman–Crippen LogP) is 4.12. The van der Waals surface area contributed by atoms with Crippen molar-refractivity contribution >= 4 is 36.7 Å². The second-order valence-corrected chi connectivity index (χ2v) is 9.59. The van der Waals surface area contributed by atoms with Crippen LogP contribution in [0.25, 0.3) is 5.57 Å². The number of aliphatic imine (C=N–C) groups is 4. The van der Waals surface area contributed by atoms with Crippen LogP contribution in [0.1, 0.15) is 56.2 Å². The number of nitriles is 1. The topological polar surface area (TPSA) is 174 Å². The SMILES string of the molecule is C=N/C=C(\C=N/CNc1cn(C2CCCCC2)nc1OCCN=C/C=C\N)c1ccc(C#N)c(O[C@@H](C)CN=CN)c1. The van der Waals surface area contributed by atoms with Crippen molar-refractivity contribution in [1.29, 1.82) is 5.26 Å². The molecular weight excluding hydrogens is 532 g/mol. The highest BCUT2D eigenvalue weighted by Gasteiger charge is 2.19. The van der Waals surface area contributed by atoms with Crippen LogP contribution in [0.2, 0.25) is 0 Å². The molecule has 1 aliphatic rings. The molecule has 0 aliphatic heterocycles. The number of rotatable bonds is 16. The molecule has 12 nitrogen and oxygen atoms in total. The average Bonchev–Trinajstić information content (AvgIpc) is 3.42. The van der Waals surface area contributed by atoms with Crippen LogP contribution in [0, 0.1) is 11.3 Å². The number of benzene rings is 1. The Balaban J connectivity index is 1.71. The Morgan fingerprint density at radius 3 is 2.83 bits per heavy atom. The number of nitrogens with two attached hydrogens (primary N) is 2. The van der Waals surface area contributed by atoms with Gasteiger partial charge in [0.25, 0.3) is 5.88 Å². The molecule has 0 unspecified atom stereocenters. The van der Waals surface area contributed by atoms with Crippen molar-refractivity contribution in [3.05, 3.63) is 54.0 Å². The Bertz CT molecular complexity index is 1330. The van der Waals surface area contributed by atoms with Crippen LogP contribution in [0.3, 0.4) is 0 Å². The van der Waals surface area contributed by atoms with E-state index in [0.717, 1.165) is 24.1 Å². The summed E-state index contributed by atoms with van der Waals surface area (Å²) in [5, 5.41) is 17.6. The lowest BCUT2D eigenvalue weighted by Crippen LogP contribution is -2.17. The maximum atomic E-state index is 9.54. The molecule has 1 aromatic heterocycles. The van der Waals surface area contributed by atoms with Crippen molar-refractivity contribution in [2.45, 2.75) is 51.2 Å². The lowest BCUT2D eigenvalue weighted by atomic mass is 9.96. The van der Waals surface area contributed by atoms with Gasteiger partial charge in [-0.25, -0.2) is 0 Å². The smallest absolute Gasteiger partial charge is 0.256 e. The van der Waals surface area contributed by atoms with Gasteiger partial charge in [-0.2, -0.15) is 5.26 Å². The van der Waals surface area contributed by atoms with Crippen LogP contribution in [0.5, 0.6) is 11.6 Å². The molecule has 0 radical (unpaired) electrons. The van der Waals surface area contributed by atoms with Gasteiger partial charge in [0.15, 0.2) is 0 Å². The normalized spacial score (nSPS) is 15.5. The minimum absolute atomic E-state index is 0.268. The molecular formula is C30H40N10O2. The van der Waals surface area contributed by atoms with E-state index in [1.807, 2.05) is 23.9 Å². The standard InChI is InChI=1S/C30H40N10O2/c1-23(17-36-21-33)42-29-15-24(9-10-25(29)16-32)26(18-34-2)19-37-22-38-28-20-40(27-7-4-3-5-8-27)39-30(28)41-14-13-35-12-6-11-31/h6,9-12,15,18-21,23,27,38H,2-5,7-8,13-14,17,22,31H2,1H3,(H2,33,36)/b11-6-,26-18+,35-12?,37-19-/t23-/m0/s1. The van der Waals surface area contributed by atoms with E-state index in [9.17, 15) is 5.26 Å². The van der Waals surface area contributed by atoms with E-state index < -0.39 is 0 Å². The van der Waals surface area contributed by atoms with E-state index in [1.54, 1.807) is 36.8 Å². The first-order chi connectivity index (χ1) is 20.6. The molecule has 42 heavy (non-hydrogen) atoms. The van der Waals surface area contributed by atoms with E-state index in [1.165, 1.54) is 31.8 Å². The number of hydrogen-bond donors (Lipinski definition) is 3. The van der Waals surface area contributed by atoms with Crippen molar-refractivity contribution in [2.24, 2.45) is 31.4 Å². The quantitative estimate of drug-likeness (QED) is 0.154. The van der Waals surface area contributed by atoms with E-state index in [2.05, 4.69) is 38.1 Å². The molecule has 0 bridgehead atoms. The van der Waals surface area contributed by atoms with Gasteiger partial charge in [-0.3, -0.25) is 24.7 Å². The third kappa shape index (κ3) is 9.92. The fourth-order valence-electron chi connectivity index (χ4n) is 4.43. The summed E-state index contributed by atoms with van der Waals surface area (Å²) in [6.07, 6.45) is 16.9. The first kappa shape index (κ1) is 31.6. The van der Waals surface area contributed by atoms with Gasteiger partial charge in [-0.15, -0.1) is 5.10 Å². The van der Waals surface area contributed by atoms with Gasteiger partial charge in [-0.05, 0) is 56.5 Å². The van der Waals surface area contributed by atoms with Crippen LogP contribution in [0.4, 0.5) is 5.69 Å². The zero-order chi connectivity index (χ0) is 30.0. The molecule has 0 saturated heterocycles. The second-order valence-electron chi connectivity index (χ2n) is 9.59. The summed E-state index contributed by atoms with van der Waals surface area (Å²) in [5.41, 5.74) is 13.3. The lowest BCUT2D eigenvalue weighted by molar-refractivity contribution is 0.230. The minimum atomic E-state index is -0.268. The van der Waals surface area contributed by atoms with Crippen molar-refractivity contribution < 1.29 is 9.47 Å². The fourth-order valence-corrected chi connectivity index (χ4v) is 4.43. The molecule has 5 N–H and O–H groups in total. The zero-order valence-electron chi connectivity index (χ0n) is 24.1. The Hall–Kier alpha value is -4.92. The van der Waals surface area contributed by atoms with Crippen LogP contribution >= 0.6 is 0 Å². The van der Waals surface area contributed by atoms with E-state index in [0.29, 0.717) is 48.5 Å². The molecule has 1 aromatic carbocycles. The van der Waals surface area contributed by atoms with E-state index >= 15 is 0 Å². The van der Waals surface area contributed by atoms with Crippen molar-refractivity contribution in [3.8, 4) is 17.7 Å². The molecule has 0 spiro atoms. The Labute approximate surface area is 247 Å². The molecule has 3 rings (SSSR count). The van der Waals surface area contributed by atoms with Crippen LogP contribution in [0.15, 0.2) is 62.8 Å². The highest BCUT2D eigenvalue weighted by molar-refractivity contribution is 6.10. The first-order valence-corrected chi connectivity index (χ1v) is 14.0. The van der Waals surface area contributed by atoms with Crippen LogP contribution in [-0.2, 0) is 0 Å². The lowest BCUT2D eigenvalue weighted by Gasteiger charge is -2.21. The van der Waals surface area contributed by atoms with E-state index in [-0.39, 0.29) is 12.8 Å². The molecule has 0 amide bonds. The average molecular weight is 573 g/mol. The Kier molecular flexibility index (Phi) is 13.3. The summed E-state index contributed by atoms with van der Waals surface area (Å²) >= 11 is 0. The number of anilines is 1. The Morgan fingerprint density at radius 1 is 1.26 bits per heavy atom. The van der Waals surface area contributed by atoms with Gasteiger partial charge in [-0.1, -0.05) is 25.3 Å². The highest BCUT2D eigenvalue weighted by atomic mass is 16.5. The van der Waals surface area contributed by atoms with Gasteiger partial charge in [0, 0.05) is 24.2 Å². The minimum Gasteiger partial charge on any atom is -0.487 e. The molecule has 1 heterocycles. The third-order valence-electron chi connectivity index (χ3n) is 6.46. The summed E-state index contributed by atoms with van der Waals surface area (Å²) in [7, 11) is 0. The highest BCUT2D eigenvalue weighted by Crippen LogP contribution is 2.32. The fraction of sp³-hybridized carbons (Fsp3) is 0.400. The summed E-state index contributed by atoms with van der Waals surface area (Å²) in [4.78, 5) is 16.7. The summed E-state index contributed by atoms with van der Waals surface area (Å²) in [6.45, 7) is 6.96. The number of nitrogens with one attached hydrogen (secondary N) is 1. The van der Waals surface area contributed by atoms with Gasteiger partial charge in [0.1, 0.15) is 36.9 Å². The number of aromatic nitrogens is 2. The van der Waals surface area contributed by atoms with Gasteiger partial charge >= 0.3 is 0 Å². The summed E-state index contributed by atoms with van der Waals surface area (Å²) in [5.74, 6) is 0.961. The summed E-state index contributed by atoms with van der Waals surface area (Å²) < 4.78 is 13.9. The van der Waals surface area contributed by atoms with Crippen molar-refractivity contribution in [1.82, 2.24) is 9.78 Å². The van der Waals surface area contributed by atoms with Gasteiger partial charge < -0.3 is 26.3 Å². The first-order valence-electron chi connectivity index (χ1n) is 14.0. The number of ether oxygens (including phenoxy) is 2. The molecule has 1 fully saturated rings. The van der Waals surface area contributed by atoms with Crippen molar-refractivity contribution in [2.75, 3.05) is 31.7 Å². The largest absolute Gasteiger partial charge is 0.487 e. The number of nitrogens with zero attached hydrogens (tertiary/aromatic N) is 7. The monoisotopic (exact) mass is 572 g/mol. The van der Waals surface area contributed by atoms with Crippen LogP contribution < -0.4 is 26.3 Å². The number of allylic oxidation sites excluding steroid dienone is 2. The molecule has 1 aliphatic carbocycles. The predicted molar refractivity (Wildman–Crippen MR) is 170 cm³/mol. The molecule has 2 aromatic rings. The van der Waals surface area contributed by atoms with Crippen molar-refractivity contribution in [3.63, 3.8) is 0 Å². The zero-order valence-corrected chi connectivity index (χ0v) is 24.1. The summed E-state index contributed by atoms with van der Waals surface area (Å²) in [6, 6.07) is 7.82. The van der Waals surface area contributed by atoms with Gasteiger partial charge in [0.05, 0.1) is 37.2 Å².